The molecule has 20 heavy (non-hydrogen) atoms. The Bertz CT molecular complexity index is 713. The summed E-state index contributed by atoms with van der Waals surface area (Å²) >= 11 is 6.11. The highest BCUT2D eigenvalue weighted by atomic mass is 35.5. The number of hydrogen-bond donors (Lipinski definition) is 2. The molecule has 1 aliphatic heterocycles. The van der Waals surface area contributed by atoms with E-state index in [4.69, 9.17) is 22.1 Å². The molecule has 0 radical (unpaired) electrons. The zero-order valence-electron chi connectivity index (χ0n) is 10.9. The molecule has 0 saturated heterocycles. The van der Waals surface area contributed by atoms with Crippen LogP contribution in [0.15, 0.2) is 30.3 Å². The molecule has 1 amide bonds. The standard InChI is InChI=1S/C15H13ClN2O2/c1-20-9-2-3-10-11-6-13(16)14(17)4-8(11)7-18-15(19)12(10)5-9/h2-6H,7,17H2,1H3,(H,18,19). The maximum Gasteiger partial charge on any atom is 0.252 e. The molecule has 1 aliphatic rings. The van der Waals surface area contributed by atoms with Crippen LogP contribution in [0.1, 0.15) is 15.9 Å². The largest absolute Gasteiger partial charge is 0.497 e. The lowest BCUT2D eigenvalue weighted by Gasteiger charge is -2.11. The predicted octanol–water partition coefficient (Wildman–Crippen LogP) is 2.84. The fourth-order valence-electron chi connectivity index (χ4n) is 2.38. The Morgan fingerprint density at radius 1 is 1.20 bits per heavy atom. The van der Waals surface area contributed by atoms with Crippen LogP contribution in [-0.4, -0.2) is 13.0 Å². The van der Waals surface area contributed by atoms with Gasteiger partial charge in [-0.25, -0.2) is 0 Å². The number of methoxy groups -OCH3 is 1. The van der Waals surface area contributed by atoms with Crippen molar-refractivity contribution in [2.75, 3.05) is 12.8 Å². The van der Waals surface area contributed by atoms with Gasteiger partial charge in [-0.2, -0.15) is 0 Å². The van der Waals surface area contributed by atoms with Crippen LogP contribution >= 0.6 is 11.6 Å². The second-order valence-corrected chi connectivity index (χ2v) is 5.03. The van der Waals surface area contributed by atoms with Gasteiger partial charge in [0.1, 0.15) is 5.75 Å². The van der Waals surface area contributed by atoms with E-state index in [9.17, 15) is 4.79 Å². The number of hydrogen-bond acceptors (Lipinski definition) is 3. The molecular formula is C15H13ClN2O2. The molecule has 0 aromatic heterocycles. The predicted molar refractivity (Wildman–Crippen MR) is 79.0 cm³/mol. The molecule has 0 fully saturated rings. The van der Waals surface area contributed by atoms with Crippen LogP contribution in [0.25, 0.3) is 11.1 Å². The SMILES string of the molecule is COc1ccc2c(c1)C(=O)NCc1cc(N)c(Cl)cc1-2. The van der Waals surface area contributed by atoms with Gasteiger partial charge in [0.25, 0.3) is 5.91 Å². The summed E-state index contributed by atoms with van der Waals surface area (Å²) in [7, 11) is 1.57. The van der Waals surface area contributed by atoms with Gasteiger partial charge < -0.3 is 15.8 Å². The fourth-order valence-corrected chi connectivity index (χ4v) is 2.54. The number of carbonyl (C=O) groups is 1. The van der Waals surface area contributed by atoms with Crippen LogP contribution in [-0.2, 0) is 6.54 Å². The smallest absolute Gasteiger partial charge is 0.252 e. The number of ether oxygens (including phenoxy) is 1. The molecule has 2 aromatic carbocycles. The molecule has 0 aliphatic carbocycles. The average Bonchev–Trinajstić information content (AvgIpc) is 2.58. The number of nitrogens with one attached hydrogen (secondary N) is 1. The van der Waals surface area contributed by atoms with E-state index in [-0.39, 0.29) is 5.91 Å². The van der Waals surface area contributed by atoms with Crippen LogP contribution in [0.2, 0.25) is 5.02 Å². The number of benzene rings is 2. The van der Waals surface area contributed by atoms with Gasteiger partial charge in [0.2, 0.25) is 0 Å². The van der Waals surface area contributed by atoms with Gasteiger partial charge in [0.05, 0.1) is 23.4 Å². The van der Waals surface area contributed by atoms with E-state index in [0.29, 0.717) is 28.6 Å². The Kier molecular flexibility index (Phi) is 3.03. The molecule has 3 N–H and O–H groups in total. The number of halogens is 1. The van der Waals surface area contributed by atoms with Gasteiger partial charge in [-0.05, 0) is 47.0 Å². The first-order valence-corrected chi connectivity index (χ1v) is 6.52. The maximum atomic E-state index is 12.2. The molecule has 0 spiro atoms. The second-order valence-electron chi connectivity index (χ2n) is 4.63. The van der Waals surface area contributed by atoms with E-state index in [1.54, 1.807) is 25.3 Å². The third-order valence-electron chi connectivity index (χ3n) is 3.42. The molecule has 4 nitrogen and oxygen atoms in total. The van der Waals surface area contributed by atoms with E-state index in [0.717, 1.165) is 16.7 Å². The number of anilines is 1. The summed E-state index contributed by atoms with van der Waals surface area (Å²) in [6, 6.07) is 9.02. The molecule has 5 heteroatoms. The van der Waals surface area contributed by atoms with Gasteiger partial charge in [0.15, 0.2) is 0 Å². The van der Waals surface area contributed by atoms with E-state index in [2.05, 4.69) is 5.32 Å². The number of fused-ring (bicyclic) bond motifs is 3. The number of nitrogen functional groups attached to an aromatic ring is 1. The lowest BCUT2D eigenvalue weighted by Crippen LogP contribution is -2.21. The van der Waals surface area contributed by atoms with Crippen molar-refractivity contribution in [3.05, 3.63) is 46.5 Å². The second kappa shape index (κ2) is 4.72. The van der Waals surface area contributed by atoms with Gasteiger partial charge in [-0.3, -0.25) is 4.79 Å². The normalized spacial score (nSPS) is 13.0. The van der Waals surface area contributed by atoms with Crippen molar-refractivity contribution in [1.82, 2.24) is 5.32 Å². The molecule has 1 heterocycles. The van der Waals surface area contributed by atoms with Crippen LogP contribution in [0.3, 0.4) is 0 Å². The van der Waals surface area contributed by atoms with Crippen molar-refractivity contribution in [2.45, 2.75) is 6.54 Å². The Morgan fingerprint density at radius 3 is 2.75 bits per heavy atom. The number of amides is 1. The minimum atomic E-state index is -0.134. The zero-order chi connectivity index (χ0) is 14.3. The minimum Gasteiger partial charge on any atom is -0.497 e. The van der Waals surface area contributed by atoms with Gasteiger partial charge in [-0.15, -0.1) is 0 Å². The first kappa shape index (κ1) is 12.8. The average molecular weight is 289 g/mol. The summed E-state index contributed by atoms with van der Waals surface area (Å²) in [5, 5.41) is 3.35. The lowest BCUT2D eigenvalue weighted by molar-refractivity contribution is 0.0952. The molecule has 3 rings (SSSR count). The van der Waals surface area contributed by atoms with E-state index < -0.39 is 0 Å². The van der Waals surface area contributed by atoms with Crippen molar-refractivity contribution >= 4 is 23.2 Å². The summed E-state index contributed by atoms with van der Waals surface area (Å²) < 4.78 is 5.17. The van der Waals surface area contributed by atoms with Crippen molar-refractivity contribution in [3.63, 3.8) is 0 Å². The molecule has 0 atom stereocenters. The Labute approximate surface area is 121 Å². The summed E-state index contributed by atoms with van der Waals surface area (Å²) in [4.78, 5) is 12.2. The third kappa shape index (κ3) is 1.98. The van der Waals surface area contributed by atoms with Gasteiger partial charge in [0, 0.05) is 6.54 Å². The first-order chi connectivity index (χ1) is 9.60. The quantitative estimate of drug-likeness (QED) is 0.793. The monoisotopic (exact) mass is 288 g/mol. The summed E-state index contributed by atoms with van der Waals surface area (Å²) in [5.74, 6) is 0.508. The molecular weight excluding hydrogens is 276 g/mol. The topological polar surface area (TPSA) is 64.3 Å². The molecule has 2 aromatic rings. The Balaban J connectivity index is 2.28. The number of nitrogens with two attached hydrogens (primary N) is 1. The highest BCUT2D eigenvalue weighted by Crippen LogP contribution is 2.36. The zero-order valence-corrected chi connectivity index (χ0v) is 11.6. The van der Waals surface area contributed by atoms with Crippen molar-refractivity contribution in [3.8, 4) is 16.9 Å². The molecule has 0 bridgehead atoms. The van der Waals surface area contributed by atoms with E-state index in [1.165, 1.54) is 0 Å². The van der Waals surface area contributed by atoms with E-state index in [1.807, 2.05) is 12.1 Å². The highest BCUT2D eigenvalue weighted by Gasteiger charge is 2.21. The molecule has 102 valence electrons. The van der Waals surface area contributed by atoms with Crippen LogP contribution in [0.4, 0.5) is 5.69 Å². The van der Waals surface area contributed by atoms with Crippen molar-refractivity contribution in [2.24, 2.45) is 0 Å². The Hall–Kier alpha value is -2.20. The summed E-state index contributed by atoms with van der Waals surface area (Å²) in [6.07, 6.45) is 0. The number of carbonyl (C=O) groups excluding carboxylic acids is 1. The van der Waals surface area contributed by atoms with Crippen molar-refractivity contribution in [1.29, 1.82) is 0 Å². The third-order valence-corrected chi connectivity index (χ3v) is 3.75. The highest BCUT2D eigenvalue weighted by molar-refractivity contribution is 6.33. The minimum absolute atomic E-state index is 0.134. The molecule has 0 unspecified atom stereocenters. The lowest BCUT2D eigenvalue weighted by atomic mass is 9.96. The maximum absolute atomic E-state index is 12.2. The van der Waals surface area contributed by atoms with Gasteiger partial charge >= 0.3 is 0 Å². The number of rotatable bonds is 1. The van der Waals surface area contributed by atoms with E-state index >= 15 is 0 Å². The molecule has 0 saturated carbocycles. The first-order valence-electron chi connectivity index (χ1n) is 6.14. The van der Waals surface area contributed by atoms with Crippen LogP contribution in [0, 0.1) is 0 Å². The van der Waals surface area contributed by atoms with Gasteiger partial charge in [-0.1, -0.05) is 11.6 Å². The summed E-state index contributed by atoms with van der Waals surface area (Å²) in [5.41, 5.74) is 9.61. The Morgan fingerprint density at radius 2 is 2.00 bits per heavy atom. The van der Waals surface area contributed by atoms with Crippen LogP contribution < -0.4 is 15.8 Å². The summed E-state index contributed by atoms with van der Waals surface area (Å²) in [6.45, 7) is 0.423. The fraction of sp³-hybridized carbons (Fsp3) is 0.133. The van der Waals surface area contributed by atoms with Crippen molar-refractivity contribution < 1.29 is 9.53 Å². The van der Waals surface area contributed by atoms with Crippen LogP contribution in [0.5, 0.6) is 5.75 Å².